The minimum absolute atomic E-state index is 0.776. The van der Waals surface area contributed by atoms with Crippen molar-refractivity contribution in [2.24, 2.45) is 0 Å². The van der Waals surface area contributed by atoms with Crippen molar-refractivity contribution in [2.45, 2.75) is 19.9 Å². The van der Waals surface area contributed by atoms with Crippen molar-refractivity contribution in [3.63, 3.8) is 0 Å². The molecule has 0 bridgehead atoms. The smallest absolute Gasteiger partial charge is 0.123 e. The zero-order valence-electron chi connectivity index (χ0n) is 11.4. The van der Waals surface area contributed by atoms with Crippen LogP contribution in [0.25, 0.3) is 0 Å². The third-order valence-corrected chi connectivity index (χ3v) is 2.59. The van der Waals surface area contributed by atoms with Crippen molar-refractivity contribution in [3.05, 3.63) is 29.3 Å². The average Bonchev–Trinajstić information content (AvgIpc) is 2.27. The molecule has 96 valence electrons. The first-order valence-electron chi connectivity index (χ1n) is 6.15. The van der Waals surface area contributed by atoms with E-state index in [1.165, 1.54) is 11.1 Å². The second-order valence-corrected chi connectivity index (χ2v) is 4.65. The van der Waals surface area contributed by atoms with Crippen LogP contribution in [0, 0.1) is 6.92 Å². The van der Waals surface area contributed by atoms with Crippen molar-refractivity contribution < 1.29 is 4.74 Å². The molecule has 0 radical (unpaired) electrons. The highest BCUT2D eigenvalue weighted by Crippen LogP contribution is 2.20. The van der Waals surface area contributed by atoms with E-state index >= 15 is 0 Å². The van der Waals surface area contributed by atoms with Crippen molar-refractivity contribution in [1.29, 1.82) is 0 Å². The van der Waals surface area contributed by atoms with Gasteiger partial charge in [0.05, 0.1) is 6.61 Å². The molecule has 0 unspecified atom stereocenters. The number of hydrogen-bond acceptors (Lipinski definition) is 3. The van der Waals surface area contributed by atoms with Gasteiger partial charge >= 0.3 is 0 Å². The van der Waals surface area contributed by atoms with Crippen LogP contribution in [-0.2, 0) is 6.54 Å². The highest BCUT2D eigenvalue weighted by molar-refractivity contribution is 5.36. The maximum atomic E-state index is 5.83. The fourth-order valence-electron chi connectivity index (χ4n) is 1.74. The Labute approximate surface area is 105 Å². The number of benzene rings is 1. The SMILES string of the molecule is CNCc1cc(C)ccc1OCCCN(C)C. The molecule has 0 aliphatic rings. The Morgan fingerprint density at radius 1 is 1.29 bits per heavy atom. The highest BCUT2D eigenvalue weighted by atomic mass is 16.5. The summed E-state index contributed by atoms with van der Waals surface area (Å²) in [5.74, 6) is 1.00. The summed E-state index contributed by atoms with van der Waals surface area (Å²) in [6, 6.07) is 6.34. The molecule has 3 nitrogen and oxygen atoms in total. The lowest BCUT2D eigenvalue weighted by Crippen LogP contribution is -2.16. The van der Waals surface area contributed by atoms with E-state index in [0.717, 1.165) is 31.9 Å². The van der Waals surface area contributed by atoms with Gasteiger partial charge in [0, 0.05) is 18.7 Å². The van der Waals surface area contributed by atoms with Crippen LogP contribution in [0.2, 0.25) is 0 Å². The van der Waals surface area contributed by atoms with Crippen LogP contribution in [-0.4, -0.2) is 39.2 Å². The molecule has 1 rings (SSSR count). The first-order chi connectivity index (χ1) is 8.13. The Morgan fingerprint density at radius 3 is 2.71 bits per heavy atom. The molecule has 0 saturated heterocycles. The Hall–Kier alpha value is -1.06. The number of nitrogens with one attached hydrogen (secondary N) is 1. The van der Waals surface area contributed by atoms with E-state index in [4.69, 9.17) is 4.74 Å². The predicted molar refractivity (Wildman–Crippen MR) is 72.6 cm³/mol. The van der Waals surface area contributed by atoms with Gasteiger partial charge in [-0.2, -0.15) is 0 Å². The molecule has 0 spiro atoms. The molecule has 3 heteroatoms. The molecule has 0 aromatic heterocycles. The minimum Gasteiger partial charge on any atom is -0.493 e. The van der Waals surface area contributed by atoms with Crippen LogP contribution < -0.4 is 10.1 Å². The van der Waals surface area contributed by atoms with Crippen LogP contribution in [0.3, 0.4) is 0 Å². The van der Waals surface area contributed by atoms with Gasteiger partial charge < -0.3 is 15.0 Å². The van der Waals surface area contributed by atoms with Crippen LogP contribution in [0.1, 0.15) is 17.5 Å². The number of ether oxygens (including phenoxy) is 1. The van der Waals surface area contributed by atoms with E-state index in [-0.39, 0.29) is 0 Å². The fraction of sp³-hybridized carbons (Fsp3) is 0.571. The molecule has 17 heavy (non-hydrogen) atoms. The van der Waals surface area contributed by atoms with Crippen molar-refractivity contribution in [2.75, 3.05) is 34.3 Å². The van der Waals surface area contributed by atoms with Crippen LogP contribution in [0.5, 0.6) is 5.75 Å². The van der Waals surface area contributed by atoms with Crippen molar-refractivity contribution in [3.8, 4) is 5.75 Å². The van der Waals surface area contributed by atoms with Gasteiger partial charge in [0.2, 0.25) is 0 Å². The molecular formula is C14H24N2O. The maximum Gasteiger partial charge on any atom is 0.123 e. The van der Waals surface area contributed by atoms with Gasteiger partial charge in [0.15, 0.2) is 0 Å². The van der Waals surface area contributed by atoms with Gasteiger partial charge in [-0.1, -0.05) is 17.7 Å². The molecule has 0 aliphatic carbocycles. The molecule has 1 N–H and O–H groups in total. The lowest BCUT2D eigenvalue weighted by Gasteiger charge is -2.13. The van der Waals surface area contributed by atoms with Gasteiger partial charge in [-0.05, 0) is 40.6 Å². The molecule has 0 aliphatic heterocycles. The number of hydrogen-bond donors (Lipinski definition) is 1. The monoisotopic (exact) mass is 236 g/mol. The minimum atomic E-state index is 0.776. The molecule has 0 heterocycles. The Kier molecular flexibility index (Phi) is 6.01. The summed E-state index contributed by atoms with van der Waals surface area (Å²) in [5.41, 5.74) is 2.51. The van der Waals surface area contributed by atoms with E-state index in [0.29, 0.717) is 0 Å². The first-order valence-corrected chi connectivity index (χ1v) is 6.15. The summed E-state index contributed by atoms with van der Waals surface area (Å²) in [5, 5.41) is 3.17. The molecule has 0 saturated carbocycles. The highest BCUT2D eigenvalue weighted by Gasteiger charge is 2.03. The first kappa shape index (κ1) is 14.0. The van der Waals surface area contributed by atoms with E-state index < -0.39 is 0 Å². The fourth-order valence-corrected chi connectivity index (χ4v) is 1.74. The molecule has 1 aromatic rings. The zero-order chi connectivity index (χ0) is 12.7. The number of nitrogens with zero attached hydrogens (tertiary/aromatic N) is 1. The normalized spacial score (nSPS) is 10.9. The van der Waals surface area contributed by atoms with E-state index in [2.05, 4.69) is 49.4 Å². The van der Waals surface area contributed by atoms with Crippen LogP contribution in [0.15, 0.2) is 18.2 Å². The number of rotatable bonds is 7. The standard InChI is InChI=1S/C14H24N2O/c1-12-6-7-14(13(10-12)11-15-2)17-9-5-8-16(3)4/h6-7,10,15H,5,8-9,11H2,1-4H3. The quantitative estimate of drug-likeness (QED) is 0.733. The lowest BCUT2D eigenvalue weighted by atomic mass is 10.1. The van der Waals surface area contributed by atoms with Crippen molar-refractivity contribution in [1.82, 2.24) is 10.2 Å². The summed E-state index contributed by atoms with van der Waals surface area (Å²) in [4.78, 5) is 2.17. The summed E-state index contributed by atoms with van der Waals surface area (Å²) < 4.78 is 5.83. The Balaban J connectivity index is 2.51. The van der Waals surface area contributed by atoms with Gasteiger partial charge in [-0.25, -0.2) is 0 Å². The number of aryl methyl sites for hydroxylation is 1. The van der Waals surface area contributed by atoms with E-state index in [1.807, 2.05) is 7.05 Å². The third kappa shape index (κ3) is 5.20. The van der Waals surface area contributed by atoms with Crippen LogP contribution in [0.4, 0.5) is 0 Å². The summed E-state index contributed by atoms with van der Waals surface area (Å²) >= 11 is 0. The zero-order valence-corrected chi connectivity index (χ0v) is 11.4. The Bertz CT molecular complexity index is 337. The molecular weight excluding hydrogens is 212 g/mol. The topological polar surface area (TPSA) is 24.5 Å². The van der Waals surface area contributed by atoms with Crippen LogP contribution >= 0.6 is 0 Å². The van der Waals surface area contributed by atoms with Gasteiger partial charge in [-0.3, -0.25) is 0 Å². The van der Waals surface area contributed by atoms with E-state index in [1.54, 1.807) is 0 Å². The summed E-state index contributed by atoms with van der Waals surface area (Å²) in [7, 11) is 6.12. The predicted octanol–water partition coefficient (Wildman–Crippen LogP) is 2.04. The molecule has 0 amide bonds. The largest absolute Gasteiger partial charge is 0.493 e. The maximum absolute atomic E-state index is 5.83. The molecule has 0 fully saturated rings. The second-order valence-electron chi connectivity index (χ2n) is 4.65. The van der Waals surface area contributed by atoms with E-state index in [9.17, 15) is 0 Å². The summed E-state index contributed by atoms with van der Waals surface area (Å²) in [6.45, 7) is 4.80. The lowest BCUT2D eigenvalue weighted by molar-refractivity contribution is 0.279. The third-order valence-electron chi connectivity index (χ3n) is 2.59. The molecule has 1 aromatic carbocycles. The van der Waals surface area contributed by atoms with Crippen molar-refractivity contribution >= 4 is 0 Å². The Morgan fingerprint density at radius 2 is 2.06 bits per heavy atom. The van der Waals surface area contributed by atoms with Gasteiger partial charge in [0.25, 0.3) is 0 Å². The van der Waals surface area contributed by atoms with Gasteiger partial charge in [-0.15, -0.1) is 0 Å². The summed E-state index contributed by atoms with van der Waals surface area (Å²) in [6.07, 6.45) is 1.06. The molecule has 0 atom stereocenters. The average molecular weight is 236 g/mol. The van der Waals surface area contributed by atoms with Gasteiger partial charge in [0.1, 0.15) is 5.75 Å². The second kappa shape index (κ2) is 7.30.